The Morgan fingerprint density at radius 2 is 1.76 bits per heavy atom. The second-order valence-electron chi connectivity index (χ2n) is 5.95. The summed E-state index contributed by atoms with van der Waals surface area (Å²) < 4.78 is 13.0. The van der Waals surface area contributed by atoms with Crippen LogP contribution in [-0.4, -0.2) is 26.8 Å². The number of nitrogens with zero attached hydrogens (tertiary/aromatic N) is 2. The molecule has 1 N–H and O–H groups in total. The van der Waals surface area contributed by atoms with Crippen molar-refractivity contribution in [2.45, 2.75) is 13.5 Å². The van der Waals surface area contributed by atoms with Gasteiger partial charge < -0.3 is 5.11 Å². The first-order chi connectivity index (χ1) is 12.0. The van der Waals surface area contributed by atoms with Gasteiger partial charge in [-0.15, -0.1) is 0 Å². The number of phenolic OH excluding ortho intramolecular Hbond substituents is 1. The van der Waals surface area contributed by atoms with Gasteiger partial charge in [-0.1, -0.05) is 12.1 Å². The highest BCUT2D eigenvalue weighted by molar-refractivity contribution is 6.25. The van der Waals surface area contributed by atoms with Gasteiger partial charge in [-0.25, -0.2) is 4.39 Å². The van der Waals surface area contributed by atoms with Crippen molar-refractivity contribution < 1.29 is 19.1 Å². The Hall–Kier alpha value is -3.28. The molecule has 2 aromatic carbocycles. The summed E-state index contributed by atoms with van der Waals surface area (Å²) >= 11 is 0. The smallest absolute Gasteiger partial charge is 0.265 e. The van der Waals surface area contributed by atoms with Crippen molar-refractivity contribution in [2.24, 2.45) is 0 Å². The van der Waals surface area contributed by atoms with Crippen LogP contribution >= 0.6 is 0 Å². The van der Waals surface area contributed by atoms with Gasteiger partial charge in [0.1, 0.15) is 11.6 Å². The average molecular weight is 336 g/mol. The Labute approximate surface area is 142 Å². The third-order valence-electron chi connectivity index (χ3n) is 4.45. The molecule has 3 aromatic rings. The van der Waals surface area contributed by atoms with Crippen LogP contribution in [0.3, 0.4) is 0 Å². The summed E-state index contributed by atoms with van der Waals surface area (Å²) in [6, 6.07) is 8.90. The van der Waals surface area contributed by atoms with E-state index in [0.717, 1.165) is 4.90 Å². The number of pyridine rings is 1. The third-order valence-corrected chi connectivity index (χ3v) is 4.45. The van der Waals surface area contributed by atoms with E-state index < -0.39 is 17.6 Å². The fraction of sp³-hybridized carbons (Fsp3) is 0.105. The Balaban J connectivity index is 1.84. The van der Waals surface area contributed by atoms with Gasteiger partial charge in [0.05, 0.1) is 23.2 Å². The number of rotatable bonds is 2. The van der Waals surface area contributed by atoms with Crippen molar-refractivity contribution in [3.63, 3.8) is 0 Å². The summed E-state index contributed by atoms with van der Waals surface area (Å²) in [5, 5.41) is 10.9. The largest absolute Gasteiger partial charge is 0.506 e. The molecule has 0 radical (unpaired) electrons. The van der Waals surface area contributed by atoms with Crippen LogP contribution in [0.5, 0.6) is 5.75 Å². The Kier molecular flexibility index (Phi) is 3.28. The highest BCUT2D eigenvalue weighted by Gasteiger charge is 2.40. The summed E-state index contributed by atoms with van der Waals surface area (Å²) in [6.07, 6.45) is 1.57. The Morgan fingerprint density at radius 3 is 2.48 bits per heavy atom. The molecular weight excluding hydrogens is 323 g/mol. The van der Waals surface area contributed by atoms with Crippen LogP contribution in [0.15, 0.2) is 42.6 Å². The molecule has 1 aliphatic heterocycles. The van der Waals surface area contributed by atoms with E-state index in [1.165, 1.54) is 24.3 Å². The summed E-state index contributed by atoms with van der Waals surface area (Å²) in [4.78, 5) is 30.8. The summed E-state index contributed by atoms with van der Waals surface area (Å²) in [7, 11) is 0. The molecule has 0 atom stereocenters. The van der Waals surface area contributed by atoms with Crippen molar-refractivity contribution in [3.8, 4) is 5.75 Å². The van der Waals surface area contributed by atoms with Gasteiger partial charge in [-0.05, 0) is 42.3 Å². The molecule has 0 saturated heterocycles. The molecule has 2 heterocycles. The van der Waals surface area contributed by atoms with Crippen molar-refractivity contribution in [1.82, 2.24) is 9.88 Å². The highest BCUT2D eigenvalue weighted by Crippen LogP contribution is 2.39. The second kappa shape index (κ2) is 5.37. The van der Waals surface area contributed by atoms with Gasteiger partial charge in [0, 0.05) is 11.6 Å². The average Bonchev–Trinajstić information content (AvgIpc) is 2.86. The van der Waals surface area contributed by atoms with Crippen LogP contribution < -0.4 is 0 Å². The lowest BCUT2D eigenvalue weighted by Crippen LogP contribution is -2.29. The van der Waals surface area contributed by atoms with Crippen molar-refractivity contribution in [1.29, 1.82) is 0 Å². The molecule has 4 rings (SSSR count). The lowest BCUT2D eigenvalue weighted by molar-refractivity contribution is 0.0641. The molecule has 0 saturated carbocycles. The predicted molar refractivity (Wildman–Crippen MR) is 88.7 cm³/mol. The minimum absolute atomic E-state index is 0.00473. The van der Waals surface area contributed by atoms with E-state index in [9.17, 15) is 19.1 Å². The zero-order valence-electron chi connectivity index (χ0n) is 13.3. The van der Waals surface area contributed by atoms with Gasteiger partial charge in [0.15, 0.2) is 0 Å². The minimum atomic E-state index is -0.560. The van der Waals surface area contributed by atoms with Crippen LogP contribution in [0.25, 0.3) is 10.9 Å². The van der Waals surface area contributed by atoms with Gasteiger partial charge >= 0.3 is 0 Å². The number of aryl methyl sites for hydroxylation is 1. The normalized spacial score (nSPS) is 13.6. The maximum Gasteiger partial charge on any atom is 0.265 e. The lowest BCUT2D eigenvalue weighted by atomic mass is 9.98. The van der Waals surface area contributed by atoms with E-state index >= 15 is 0 Å². The molecule has 0 aliphatic carbocycles. The van der Waals surface area contributed by atoms with Crippen LogP contribution in [0.1, 0.15) is 31.8 Å². The summed E-state index contributed by atoms with van der Waals surface area (Å²) in [5.74, 6) is -1.67. The lowest BCUT2D eigenvalue weighted by Gasteiger charge is -2.13. The van der Waals surface area contributed by atoms with E-state index in [-0.39, 0.29) is 23.4 Å². The molecule has 2 amide bonds. The molecule has 0 spiro atoms. The Morgan fingerprint density at radius 1 is 1.08 bits per heavy atom. The van der Waals surface area contributed by atoms with Crippen molar-refractivity contribution in [3.05, 3.63) is 70.7 Å². The zero-order chi connectivity index (χ0) is 17.7. The first-order valence-corrected chi connectivity index (χ1v) is 7.70. The van der Waals surface area contributed by atoms with Crippen LogP contribution in [0.4, 0.5) is 4.39 Å². The fourth-order valence-corrected chi connectivity index (χ4v) is 3.21. The molecule has 1 aliphatic rings. The number of aromatic nitrogens is 1. The molecule has 0 fully saturated rings. The summed E-state index contributed by atoms with van der Waals surface area (Å²) in [5.41, 5.74) is 1.85. The monoisotopic (exact) mass is 336 g/mol. The Bertz CT molecular complexity index is 984. The zero-order valence-corrected chi connectivity index (χ0v) is 13.3. The van der Waals surface area contributed by atoms with Gasteiger partial charge in [-0.3, -0.25) is 19.5 Å². The molecule has 0 bridgehead atoms. The van der Waals surface area contributed by atoms with Crippen LogP contribution in [-0.2, 0) is 6.54 Å². The number of fused-ring (bicyclic) bond motifs is 2. The maximum absolute atomic E-state index is 13.0. The number of benzene rings is 2. The maximum atomic E-state index is 13.0. The number of halogens is 1. The molecule has 6 heteroatoms. The topological polar surface area (TPSA) is 70.5 Å². The number of imide groups is 1. The van der Waals surface area contributed by atoms with E-state index in [2.05, 4.69) is 4.98 Å². The molecule has 1 aromatic heterocycles. The molecule has 5 nitrogen and oxygen atoms in total. The van der Waals surface area contributed by atoms with E-state index in [1.54, 1.807) is 25.3 Å². The predicted octanol–water partition coefficient (Wildman–Crippen LogP) is 3.18. The summed E-state index contributed by atoms with van der Waals surface area (Å²) in [6.45, 7) is 1.72. The number of phenols is 1. The van der Waals surface area contributed by atoms with Crippen molar-refractivity contribution in [2.75, 3.05) is 0 Å². The van der Waals surface area contributed by atoms with E-state index in [4.69, 9.17) is 0 Å². The first-order valence-electron chi connectivity index (χ1n) is 7.70. The SMILES string of the molecule is Cc1c2c(c(O)c3cccnc13)C(=O)N(Cc1ccc(F)cc1)C2=O. The molecule has 0 unspecified atom stereocenters. The van der Waals surface area contributed by atoms with Crippen LogP contribution in [0.2, 0.25) is 0 Å². The van der Waals surface area contributed by atoms with Gasteiger partial charge in [-0.2, -0.15) is 0 Å². The number of carbonyl (C=O) groups is 2. The van der Waals surface area contributed by atoms with Gasteiger partial charge in [0.2, 0.25) is 0 Å². The van der Waals surface area contributed by atoms with Crippen LogP contribution in [0, 0.1) is 12.7 Å². The standard InChI is InChI=1S/C19H13FN2O3/c1-10-14-15(17(23)13-3-2-8-21-16(10)13)19(25)22(18(14)24)9-11-4-6-12(20)7-5-11/h2-8,23H,9H2,1H3. The highest BCUT2D eigenvalue weighted by atomic mass is 19.1. The quantitative estimate of drug-likeness (QED) is 0.730. The van der Waals surface area contributed by atoms with E-state index in [0.29, 0.717) is 22.0 Å². The second-order valence-corrected chi connectivity index (χ2v) is 5.95. The molecular formula is C19H13FN2O3. The number of hydrogen-bond donors (Lipinski definition) is 1. The number of carbonyl (C=O) groups excluding carboxylic acids is 2. The fourth-order valence-electron chi connectivity index (χ4n) is 3.21. The minimum Gasteiger partial charge on any atom is -0.506 e. The third kappa shape index (κ3) is 2.18. The first kappa shape index (κ1) is 15.3. The van der Waals surface area contributed by atoms with Gasteiger partial charge in [0.25, 0.3) is 11.8 Å². The molecule has 25 heavy (non-hydrogen) atoms. The van der Waals surface area contributed by atoms with E-state index in [1.807, 2.05) is 0 Å². The number of aromatic hydroxyl groups is 1. The van der Waals surface area contributed by atoms with Crippen molar-refractivity contribution >= 4 is 22.7 Å². The molecule has 124 valence electrons. The number of hydrogen-bond acceptors (Lipinski definition) is 4. The number of amides is 2.